The summed E-state index contributed by atoms with van der Waals surface area (Å²) < 4.78 is 14.8. The molecule has 0 aliphatic carbocycles. The molecular formula is C9H15FN4. The average Bonchev–Trinajstić information content (AvgIpc) is 2.47. The van der Waals surface area contributed by atoms with Gasteiger partial charge >= 0.3 is 0 Å². The first-order valence-electron chi connectivity index (χ1n) is 4.92. The van der Waals surface area contributed by atoms with Crippen molar-refractivity contribution in [2.45, 2.75) is 44.9 Å². The zero-order valence-corrected chi connectivity index (χ0v) is 8.44. The van der Waals surface area contributed by atoms with Crippen LogP contribution in [-0.2, 0) is 6.54 Å². The van der Waals surface area contributed by atoms with Crippen molar-refractivity contribution in [3.05, 3.63) is 11.6 Å². The third-order valence-corrected chi connectivity index (χ3v) is 2.45. The number of halogens is 1. The molecule has 1 aromatic rings. The first-order chi connectivity index (χ1) is 6.58. The fourth-order valence-corrected chi connectivity index (χ4v) is 1.67. The third-order valence-electron chi connectivity index (χ3n) is 2.45. The lowest BCUT2D eigenvalue weighted by atomic mass is 10.1. The van der Waals surface area contributed by atoms with E-state index in [1.807, 2.05) is 13.8 Å². The lowest BCUT2D eigenvalue weighted by Gasteiger charge is -2.21. The molecule has 0 fully saturated rings. The van der Waals surface area contributed by atoms with Crippen molar-refractivity contribution >= 4 is 0 Å². The smallest absolute Gasteiger partial charge is 0.153 e. The number of hydrogen-bond donors (Lipinski definition) is 1. The largest absolute Gasteiger partial charge is 0.321 e. The Labute approximate surface area is 82.3 Å². The van der Waals surface area contributed by atoms with E-state index in [4.69, 9.17) is 5.73 Å². The number of aromatic nitrogens is 3. The van der Waals surface area contributed by atoms with Gasteiger partial charge in [-0.2, -0.15) is 5.10 Å². The normalized spacial score (nSPS) is 26.6. The molecular weight excluding hydrogens is 183 g/mol. The molecule has 14 heavy (non-hydrogen) atoms. The van der Waals surface area contributed by atoms with Crippen LogP contribution in [-0.4, -0.2) is 20.9 Å². The average molecular weight is 198 g/mol. The first kappa shape index (κ1) is 9.58. The molecule has 5 heteroatoms. The lowest BCUT2D eigenvalue weighted by molar-refractivity contribution is 0.219. The molecule has 0 radical (unpaired) electrons. The molecule has 78 valence electrons. The van der Waals surface area contributed by atoms with Gasteiger partial charge in [-0.15, -0.1) is 0 Å². The fourth-order valence-electron chi connectivity index (χ4n) is 1.67. The molecule has 0 spiro atoms. The predicted molar refractivity (Wildman–Crippen MR) is 50.6 cm³/mol. The second kappa shape index (κ2) is 3.31. The Bertz CT molecular complexity index is 334. The summed E-state index contributed by atoms with van der Waals surface area (Å²) in [4.78, 5) is 4.33. The van der Waals surface area contributed by atoms with E-state index in [-0.39, 0.29) is 12.0 Å². The van der Waals surface area contributed by atoms with E-state index in [0.29, 0.717) is 13.0 Å². The fraction of sp³-hybridized carbons (Fsp3) is 0.778. The lowest BCUT2D eigenvalue weighted by Crippen LogP contribution is -2.30. The van der Waals surface area contributed by atoms with Crippen LogP contribution >= 0.6 is 0 Å². The van der Waals surface area contributed by atoms with E-state index in [9.17, 15) is 4.39 Å². The van der Waals surface area contributed by atoms with Crippen molar-refractivity contribution in [3.63, 3.8) is 0 Å². The van der Waals surface area contributed by atoms with Crippen LogP contribution in [0.2, 0.25) is 0 Å². The molecule has 0 amide bonds. The van der Waals surface area contributed by atoms with Gasteiger partial charge in [-0.3, -0.25) is 0 Å². The van der Waals surface area contributed by atoms with Gasteiger partial charge in [-0.25, -0.2) is 14.1 Å². The van der Waals surface area contributed by atoms with Crippen molar-refractivity contribution in [1.29, 1.82) is 0 Å². The molecule has 0 saturated heterocycles. The SMILES string of the molecule is CC(C)c1nc2n(n1)CC(F)CC2N. The van der Waals surface area contributed by atoms with Gasteiger partial charge in [0, 0.05) is 12.3 Å². The maximum Gasteiger partial charge on any atom is 0.153 e. The number of rotatable bonds is 1. The number of alkyl halides is 1. The van der Waals surface area contributed by atoms with Crippen molar-refractivity contribution in [2.24, 2.45) is 5.73 Å². The van der Waals surface area contributed by atoms with Crippen LogP contribution < -0.4 is 5.73 Å². The minimum Gasteiger partial charge on any atom is -0.321 e. The van der Waals surface area contributed by atoms with Crippen molar-refractivity contribution in [3.8, 4) is 0 Å². The highest BCUT2D eigenvalue weighted by molar-refractivity contribution is 5.04. The summed E-state index contributed by atoms with van der Waals surface area (Å²) in [6, 6.07) is -0.307. The highest BCUT2D eigenvalue weighted by atomic mass is 19.1. The van der Waals surface area contributed by atoms with E-state index in [1.54, 1.807) is 4.68 Å². The molecule has 0 bridgehead atoms. The molecule has 2 rings (SSSR count). The van der Waals surface area contributed by atoms with Gasteiger partial charge in [0.1, 0.15) is 12.0 Å². The first-order valence-corrected chi connectivity index (χ1v) is 4.92. The van der Waals surface area contributed by atoms with E-state index >= 15 is 0 Å². The maximum absolute atomic E-state index is 13.2. The summed E-state index contributed by atoms with van der Waals surface area (Å²) in [6.45, 7) is 4.32. The van der Waals surface area contributed by atoms with Gasteiger partial charge < -0.3 is 5.73 Å². The molecule has 4 nitrogen and oxygen atoms in total. The molecule has 2 N–H and O–H groups in total. The minimum absolute atomic E-state index is 0.262. The minimum atomic E-state index is -0.890. The van der Waals surface area contributed by atoms with Crippen LogP contribution in [0.15, 0.2) is 0 Å². The second-order valence-electron chi connectivity index (χ2n) is 4.10. The molecule has 1 aliphatic heterocycles. The van der Waals surface area contributed by atoms with Gasteiger partial charge in [-0.05, 0) is 0 Å². The molecule has 1 aliphatic rings. The Morgan fingerprint density at radius 3 is 2.93 bits per heavy atom. The van der Waals surface area contributed by atoms with Crippen molar-refractivity contribution in [1.82, 2.24) is 14.8 Å². The molecule has 2 atom stereocenters. The van der Waals surface area contributed by atoms with Crippen LogP contribution in [0.1, 0.15) is 43.9 Å². The Balaban J connectivity index is 2.35. The van der Waals surface area contributed by atoms with Crippen molar-refractivity contribution < 1.29 is 4.39 Å². The zero-order valence-electron chi connectivity index (χ0n) is 8.44. The number of nitrogens with zero attached hydrogens (tertiary/aromatic N) is 3. The Morgan fingerprint density at radius 1 is 1.57 bits per heavy atom. The van der Waals surface area contributed by atoms with Crippen LogP contribution in [0.4, 0.5) is 4.39 Å². The van der Waals surface area contributed by atoms with E-state index in [2.05, 4.69) is 10.1 Å². The predicted octanol–water partition coefficient (Wildman–Crippen LogP) is 1.14. The highest BCUT2D eigenvalue weighted by Gasteiger charge is 2.27. The Morgan fingerprint density at radius 2 is 2.29 bits per heavy atom. The zero-order chi connectivity index (χ0) is 10.3. The van der Waals surface area contributed by atoms with Gasteiger partial charge in [0.2, 0.25) is 0 Å². The summed E-state index contributed by atoms with van der Waals surface area (Å²) in [5.74, 6) is 1.74. The highest BCUT2D eigenvalue weighted by Crippen LogP contribution is 2.24. The topological polar surface area (TPSA) is 56.7 Å². The van der Waals surface area contributed by atoms with Crippen LogP contribution in [0.25, 0.3) is 0 Å². The standard InChI is InChI=1S/C9H15FN4/c1-5(2)8-12-9-7(11)3-6(10)4-14(9)13-8/h5-7H,3-4,11H2,1-2H3. The van der Waals surface area contributed by atoms with Crippen molar-refractivity contribution in [2.75, 3.05) is 0 Å². The molecule has 0 saturated carbocycles. The summed E-state index contributed by atoms with van der Waals surface area (Å²) in [5.41, 5.74) is 5.79. The van der Waals surface area contributed by atoms with Crippen LogP contribution in [0.5, 0.6) is 0 Å². The van der Waals surface area contributed by atoms with Gasteiger partial charge in [0.05, 0.1) is 12.6 Å². The molecule has 1 aromatic heterocycles. The summed E-state index contributed by atoms with van der Waals surface area (Å²) in [5, 5.41) is 4.24. The molecule has 2 unspecified atom stereocenters. The van der Waals surface area contributed by atoms with Crippen LogP contribution in [0, 0.1) is 0 Å². The monoisotopic (exact) mass is 198 g/mol. The summed E-state index contributed by atoms with van der Waals surface area (Å²) in [7, 11) is 0. The van der Waals surface area contributed by atoms with E-state index in [1.165, 1.54) is 0 Å². The molecule has 2 heterocycles. The second-order valence-corrected chi connectivity index (χ2v) is 4.10. The third kappa shape index (κ3) is 1.52. The quantitative estimate of drug-likeness (QED) is 0.736. The Kier molecular flexibility index (Phi) is 2.26. The Hall–Kier alpha value is -0.970. The molecule has 0 aromatic carbocycles. The van der Waals surface area contributed by atoms with Crippen LogP contribution in [0.3, 0.4) is 0 Å². The van der Waals surface area contributed by atoms with Gasteiger partial charge in [0.15, 0.2) is 5.82 Å². The number of hydrogen-bond acceptors (Lipinski definition) is 3. The van der Waals surface area contributed by atoms with Gasteiger partial charge in [-0.1, -0.05) is 13.8 Å². The van der Waals surface area contributed by atoms with Gasteiger partial charge in [0.25, 0.3) is 0 Å². The maximum atomic E-state index is 13.2. The summed E-state index contributed by atoms with van der Waals surface area (Å²) >= 11 is 0. The number of nitrogens with two attached hydrogens (primary N) is 1. The number of fused-ring (bicyclic) bond motifs is 1. The summed E-state index contributed by atoms with van der Waals surface area (Å²) in [6.07, 6.45) is -0.532. The van der Waals surface area contributed by atoms with E-state index < -0.39 is 6.17 Å². The van der Waals surface area contributed by atoms with E-state index in [0.717, 1.165) is 11.6 Å².